The molecule has 1 aromatic rings. The number of likely N-dealkylation sites (tertiary alicyclic amines) is 1. The van der Waals surface area contributed by atoms with Crippen molar-refractivity contribution in [2.75, 3.05) is 20.1 Å². The standard InChI is InChI=1S/C13H21BrN2S/c1-10(13-7-11(14)9-17-13)15-8-12-5-3-4-6-16(12)2/h7,9-10,12,15H,3-6,8H2,1-2H3. The molecule has 2 unspecified atom stereocenters. The number of likely N-dealkylation sites (N-methyl/N-ethyl adjacent to an activating group) is 1. The molecule has 2 atom stereocenters. The second kappa shape index (κ2) is 6.32. The number of rotatable bonds is 4. The van der Waals surface area contributed by atoms with Gasteiger partial charge in [0.15, 0.2) is 0 Å². The first-order valence-electron chi connectivity index (χ1n) is 6.34. The fourth-order valence-electron chi connectivity index (χ4n) is 2.37. The molecule has 2 nitrogen and oxygen atoms in total. The van der Waals surface area contributed by atoms with Crippen LogP contribution in [0.4, 0.5) is 0 Å². The number of piperidine rings is 1. The van der Waals surface area contributed by atoms with Crippen molar-refractivity contribution < 1.29 is 0 Å². The van der Waals surface area contributed by atoms with Gasteiger partial charge < -0.3 is 10.2 Å². The Labute approximate surface area is 117 Å². The van der Waals surface area contributed by atoms with Crippen LogP contribution in [0, 0.1) is 0 Å². The van der Waals surface area contributed by atoms with Crippen LogP contribution in [0.2, 0.25) is 0 Å². The molecule has 0 aromatic carbocycles. The summed E-state index contributed by atoms with van der Waals surface area (Å²) >= 11 is 5.33. The summed E-state index contributed by atoms with van der Waals surface area (Å²) in [6.07, 6.45) is 4.08. The van der Waals surface area contributed by atoms with Crippen LogP contribution < -0.4 is 5.32 Å². The van der Waals surface area contributed by atoms with Gasteiger partial charge in [-0.05, 0) is 55.4 Å². The van der Waals surface area contributed by atoms with Crippen molar-refractivity contribution in [2.24, 2.45) is 0 Å². The van der Waals surface area contributed by atoms with E-state index in [1.54, 1.807) is 0 Å². The van der Waals surface area contributed by atoms with Crippen LogP contribution in [0.25, 0.3) is 0 Å². The molecule has 1 saturated heterocycles. The van der Waals surface area contributed by atoms with Crippen molar-refractivity contribution in [3.63, 3.8) is 0 Å². The fraction of sp³-hybridized carbons (Fsp3) is 0.692. The number of nitrogens with zero attached hydrogens (tertiary/aromatic N) is 1. The molecule has 17 heavy (non-hydrogen) atoms. The zero-order valence-corrected chi connectivity index (χ0v) is 13.0. The van der Waals surface area contributed by atoms with Gasteiger partial charge in [0.25, 0.3) is 0 Å². The lowest BCUT2D eigenvalue weighted by molar-refractivity contribution is 0.179. The molecule has 1 aliphatic rings. The predicted octanol–water partition coefficient (Wildman–Crippen LogP) is 3.65. The molecule has 2 heterocycles. The van der Waals surface area contributed by atoms with E-state index in [1.807, 2.05) is 11.3 Å². The van der Waals surface area contributed by atoms with Gasteiger partial charge in [0.2, 0.25) is 0 Å². The molecule has 0 radical (unpaired) electrons. The fourth-order valence-corrected chi connectivity index (χ4v) is 3.85. The van der Waals surface area contributed by atoms with Crippen LogP contribution in [0.3, 0.4) is 0 Å². The summed E-state index contributed by atoms with van der Waals surface area (Å²) in [7, 11) is 2.25. The zero-order chi connectivity index (χ0) is 12.3. The van der Waals surface area contributed by atoms with Gasteiger partial charge in [-0.25, -0.2) is 0 Å². The van der Waals surface area contributed by atoms with Crippen LogP contribution in [0.15, 0.2) is 15.9 Å². The minimum Gasteiger partial charge on any atom is -0.308 e. The lowest BCUT2D eigenvalue weighted by Gasteiger charge is -2.33. The number of nitrogens with one attached hydrogen (secondary N) is 1. The van der Waals surface area contributed by atoms with E-state index < -0.39 is 0 Å². The Morgan fingerprint density at radius 2 is 2.41 bits per heavy atom. The van der Waals surface area contributed by atoms with E-state index in [-0.39, 0.29) is 0 Å². The highest BCUT2D eigenvalue weighted by Gasteiger charge is 2.19. The third-order valence-corrected chi connectivity index (χ3v) is 5.47. The molecule has 1 aromatic heterocycles. The van der Waals surface area contributed by atoms with E-state index in [9.17, 15) is 0 Å². The molecule has 0 amide bonds. The first kappa shape index (κ1) is 13.5. The minimum atomic E-state index is 0.460. The second-order valence-corrected chi connectivity index (χ2v) is 6.79. The SMILES string of the molecule is CC(NCC1CCCCN1C)c1cc(Br)cs1. The Morgan fingerprint density at radius 3 is 3.06 bits per heavy atom. The molecular weight excluding hydrogens is 296 g/mol. The van der Waals surface area contributed by atoms with Gasteiger partial charge in [-0.3, -0.25) is 0 Å². The molecular formula is C13H21BrN2S. The Kier molecular flexibility index (Phi) is 5.03. The zero-order valence-electron chi connectivity index (χ0n) is 10.6. The molecule has 1 aliphatic heterocycles. The maximum atomic E-state index is 3.66. The average molecular weight is 317 g/mol. The molecule has 0 saturated carbocycles. The largest absolute Gasteiger partial charge is 0.308 e. The Hall–Kier alpha value is 0.1000. The summed E-state index contributed by atoms with van der Waals surface area (Å²) in [4.78, 5) is 3.91. The number of thiophene rings is 1. The molecule has 1 fully saturated rings. The molecule has 96 valence electrons. The van der Waals surface area contributed by atoms with Crippen molar-refractivity contribution in [2.45, 2.75) is 38.3 Å². The van der Waals surface area contributed by atoms with Gasteiger partial charge in [-0.2, -0.15) is 0 Å². The lowest BCUT2D eigenvalue weighted by Crippen LogP contribution is -2.43. The third-order valence-electron chi connectivity index (χ3n) is 3.60. The quantitative estimate of drug-likeness (QED) is 0.912. The van der Waals surface area contributed by atoms with Crippen molar-refractivity contribution >= 4 is 27.3 Å². The molecule has 0 bridgehead atoms. The average Bonchev–Trinajstić information content (AvgIpc) is 2.74. The summed E-state index contributed by atoms with van der Waals surface area (Å²) in [5, 5.41) is 5.81. The highest BCUT2D eigenvalue weighted by molar-refractivity contribution is 9.10. The summed E-state index contributed by atoms with van der Waals surface area (Å²) in [6.45, 7) is 4.61. The first-order chi connectivity index (χ1) is 8.16. The van der Waals surface area contributed by atoms with E-state index in [2.05, 4.69) is 51.6 Å². The first-order valence-corrected chi connectivity index (χ1v) is 8.01. The van der Waals surface area contributed by atoms with Gasteiger partial charge >= 0.3 is 0 Å². The molecule has 4 heteroatoms. The van der Waals surface area contributed by atoms with Crippen LogP contribution in [0.1, 0.15) is 37.1 Å². The Morgan fingerprint density at radius 1 is 1.59 bits per heavy atom. The monoisotopic (exact) mass is 316 g/mol. The predicted molar refractivity (Wildman–Crippen MR) is 78.7 cm³/mol. The molecule has 1 N–H and O–H groups in total. The van der Waals surface area contributed by atoms with Gasteiger partial charge in [0.05, 0.1) is 0 Å². The molecule has 0 spiro atoms. The summed E-state index contributed by atoms with van der Waals surface area (Å²) in [5.41, 5.74) is 0. The molecule has 2 rings (SSSR count). The van der Waals surface area contributed by atoms with Crippen LogP contribution in [0.5, 0.6) is 0 Å². The lowest BCUT2D eigenvalue weighted by atomic mass is 10.0. The number of hydrogen-bond acceptors (Lipinski definition) is 3. The Balaban J connectivity index is 1.81. The van der Waals surface area contributed by atoms with E-state index in [4.69, 9.17) is 0 Å². The topological polar surface area (TPSA) is 15.3 Å². The maximum absolute atomic E-state index is 3.66. The number of hydrogen-bond donors (Lipinski definition) is 1. The van der Waals surface area contributed by atoms with Crippen LogP contribution in [-0.4, -0.2) is 31.1 Å². The smallest absolute Gasteiger partial charge is 0.0387 e. The normalized spacial score (nSPS) is 23.8. The van der Waals surface area contributed by atoms with Gasteiger partial charge in [0, 0.05) is 33.4 Å². The molecule has 0 aliphatic carbocycles. The highest BCUT2D eigenvalue weighted by atomic mass is 79.9. The van der Waals surface area contributed by atoms with Crippen molar-refractivity contribution in [3.05, 3.63) is 20.8 Å². The van der Waals surface area contributed by atoms with Gasteiger partial charge in [0.1, 0.15) is 0 Å². The van der Waals surface area contributed by atoms with Crippen molar-refractivity contribution in [3.8, 4) is 0 Å². The Bertz CT molecular complexity index is 353. The number of halogens is 1. The van der Waals surface area contributed by atoms with E-state index >= 15 is 0 Å². The van der Waals surface area contributed by atoms with Crippen molar-refractivity contribution in [1.82, 2.24) is 10.2 Å². The second-order valence-electron chi connectivity index (χ2n) is 4.93. The van der Waals surface area contributed by atoms with Crippen molar-refractivity contribution in [1.29, 1.82) is 0 Å². The maximum Gasteiger partial charge on any atom is 0.0387 e. The van der Waals surface area contributed by atoms with Gasteiger partial charge in [-0.1, -0.05) is 6.42 Å². The van der Waals surface area contributed by atoms with E-state index in [0.717, 1.165) is 12.6 Å². The van der Waals surface area contributed by atoms with E-state index in [1.165, 1.54) is 35.2 Å². The van der Waals surface area contributed by atoms with Crippen LogP contribution >= 0.6 is 27.3 Å². The minimum absolute atomic E-state index is 0.460. The van der Waals surface area contributed by atoms with Crippen LogP contribution in [-0.2, 0) is 0 Å². The summed E-state index contributed by atoms with van der Waals surface area (Å²) < 4.78 is 1.20. The summed E-state index contributed by atoms with van der Waals surface area (Å²) in [6, 6.07) is 3.39. The van der Waals surface area contributed by atoms with Gasteiger partial charge in [-0.15, -0.1) is 11.3 Å². The summed E-state index contributed by atoms with van der Waals surface area (Å²) in [5.74, 6) is 0. The van der Waals surface area contributed by atoms with E-state index in [0.29, 0.717) is 6.04 Å². The third kappa shape index (κ3) is 3.78. The highest BCUT2D eigenvalue weighted by Crippen LogP contribution is 2.25.